The van der Waals surface area contributed by atoms with E-state index in [0.717, 1.165) is 5.56 Å². The van der Waals surface area contributed by atoms with Gasteiger partial charge < -0.3 is 10.6 Å². The first-order valence-corrected chi connectivity index (χ1v) is 6.81. The van der Waals surface area contributed by atoms with E-state index in [0.29, 0.717) is 13.0 Å². The highest BCUT2D eigenvalue weighted by Crippen LogP contribution is 2.23. The fourth-order valence-electron chi connectivity index (χ4n) is 1.81. The summed E-state index contributed by atoms with van der Waals surface area (Å²) in [4.78, 5) is 0. The lowest BCUT2D eigenvalue weighted by molar-refractivity contribution is 0.459. The molecule has 0 fully saturated rings. The summed E-state index contributed by atoms with van der Waals surface area (Å²) in [5.41, 5.74) is 0.0988. The fraction of sp³-hybridized carbons (Fsp3) is 0.133. The summed E-state index contributed by atoms with van der Waals surface area (Å²) in [7, 11) is 0. The van der Waals surface area contributed by atoms with Gasteiger partial charge in [0.1, 0.15) is 5.69 Å². The highest BCUT2D eigenvalue weighted by molar-refractivity contribution is 7.80. The summed E-state index contributed by atoms with van der Waals surface area (Å²) >= 11 is 4.86. The average Bonchev–Trinajstić information content (AvgIpc) is 2.51. The predicted molar refractivity (Wildman–Crippen MR) is 80.6 cm³/mol. The Morgan fingerprint density at radius 1 is 0.955 bits per heavy atom. The standard InChI is InChI=1S/C15H12F4N2S/c16-10-8-11(17)13(19)14(12(10)18)21-15(22)20-7-6-9-4-2-1-3-5-9/h1-5,8H,6-7H2,(H2,20,21,22). The summed E-state index contributed by atoms with van der Waals surface area (Å²) in [5, 5.41) is 4.73. The van der Waals surface area contributed by atoms with Crippen molar-refractivity contribution in [1.82, 2.24) is 5.32 Å². The number of benzene rings is 2. The van der Waals surface area contributed by atoms with Crippen LogP contribution in [0.15, 0.2) is 36.4 Å². The molecule has 2 aromatic carbocycles. The monoisotopic (exact) mass is 328 g/mol. The average molecular weight is 328 g/mol. The summed E-state index contributed by atoms with van der Waals surface area (Å²) in [6.07, 6.45) is 0.630. The van der Waals surface area contributed by atoms with Gasteiger partial charge in [-0.1, -0.05) is 30.3 Å². The minimum absolute atomic E-state index is 0.126. The van der Waals surface area contributed by atoms with E-state index in [9.17, 15) is 17.6 Å². The van der Waals surface area contributed by atoms with Gasteiger partial charge in [0.05, 0.1) is 0 Å². The van der Waals surface area contributed by atoms with Crippen LogP contribution in [0.3, 0.4) is 0 Å². The molecule has 2 aromatic rings. The van der Waals surface area contributed by atoms with Gasteiger partial charge in [-0.05, 0) is 24.2 Å². The molecule has 0 aliphatic carbocycles. The first kappa shape index (κ1) is 16.2. The Morgan fingerprint density at radius 3 is 2.14 bits per heavy atom. The summed E-state index contributed by atoms with van der Waals surface area (Å²) in [6, 6.07) is 9.62. The van der Waals surface area contributed by atoms with Crippen LogP contribution < -0.4 is 10.6 Å². The van der Waals surface area contributed by atoms with Crippen LogP contribution in [0.1, 0.15) is 5.56 Å². The zero-order chi connectivity index (χ0) is 16.1. The van der Waals surface area contributed by atoms with Gasteiger partial charge in [0.15, 0.2) is 28.4 Å². The van der Waals surface area contributed by atoms with Gasteiger partial charge in [-0.2, -0.15) is 0 Å². The number of thiocarbonyl (C=S) groups is 1. The van der Waals surface area contributed by atoms with Gasteiger partial charge in [-0.15, -0.1) is 0 Å². The van der Waals surface area contributed by atoms with Gasteiger partial charge in [-0.25, -0.2) is 17.6 Å². The summed E-state index contributed by atoms with van der Waals surface area (Å²) < 4.78 is 53.0. The van der Waals surface area contributed by atoms with Crippen LogP contribution >= 0.6 is 12.2 Å². The van der Waals surface area contributed by atoms with Crippen molar-refractivity contribution < 1.29 is 17.6 Å². The molecule has 22 heavy (non-hydrogen) atoms. The molecular weight excluding hydrogens is 316 g/mol. The Hall–Kier alpha value is -2.15. The number of hydrogen-bond acceptors (Lipinski definition) is 1. The lowest BCUT2D eigenvalue weighted by Crippen LogP contribution is -2.31. The van der Waals surface area contributed by atoms with Gasteiger partial charge in [0.25, 0.3) is 0 Å². The second kappa shape index (κ2) is 7.22. The smallest absolute Gasteiger partial charge is 0.185 e. The van der Waals surface area contributed by atoms with Crippen LogP contribution in [-0.2, 0) is 6.42 Å². The minimum atomic E-state index is -1.52. The molecule has 0 radical (unpaired) electrons. The third-order valence-electron chi connectivity index (χ3n) is 2.89. The molecule has 2 nitrogen and oxygen atoms in total. The summed E-state index contributed by atoms with van der Waals surface area (Å²) in [5.74, 6) is -6.03. The number of rotatable bonds is 4. The van der Waals surface area contributed by atoms with Crippen molar-refractivity contribution in [3.05, 3.63) is 65.2 Å². The van der Waals surface area contributed by atoms with E-state index in [1.54, 1.807) is 0 Å². The molecule has 0 saturated carbocycles. The number of halogens is 4. The van der Waals surface area contributed by atoms with Crippen molar-refractivity contribution in [2.24, 2.45) is 0 Å². The van der Waals surface area contributed by atoms with Gasteiger partial charge in [0.2, 0.25) is 0 Å². The fourth-order valence-corrected chi connectivity index (χ4v) is 2.01. The molecule has 0 unspecified atom stereocenters. The molecule has 0 heterocycles. The maximum Gasteiger partial charge on any atom is 0.185 e. The third-order valence-corrected chi connectivity index (χ3v) is 3.14. The molecule has 0 saturated heterocycles. The molecular formula is C15H12F4N2S. The van der Waals surface area contributed by atoms with Crippen LogP contribution in [0, 0.1) is 23.3 Å². The van der Waals surface area contributed by atoms with Crippen LogP contribution in [0.2, 0.25) is 0 Å². The Labute approximate surface area is 130 Å². The maximum absolute atomic E-state index is 13.5. The highest BCUT2D eigenvalue weighted by Gasteiger charge is 2.19. The Kier molecular flexibility index (Phi) is 5.32. The van der Waals surface area contributed by atoms with Crippen LogP contribution in [0.5, 0.6) is 0 Å². The lowest BCUT2D eigenvalue weighted by Gasteiger charge is -2.12. The van der Waals surface area contributed by atoms with E-state index in [4.69, 9.17) is 12.2 Å². The molecule has 0 atom stereocenters. The van der Waals surface area contributed by atoms with Gasteiger partial charge >= 0.3 is 0 Å². The number of nitrogens with one attached hydrogen (secondary N) is 2. The molecule has 116 valence electrons. The molecule has 2 rings (SSSR count). The molecule has 0 aromatic heterocycles. The van der Waals surface area contributed by atoms with E-state index in [-0.39, 0.29) is 11.2 Å². The Balaban J connectivity index is 1.95. The van der Waals surface area contributed by atoms with E-state index >= 15 is 0 Å². The van der Waals surface area contributed by atoms with Crippen molar-refractivity contribution in [2.75, 3.05) is 11.9 Å². The second-order valence-corrected chi connectivity index (χ2v) is 4.87. The first-order valence-electron chi connectivity index (χ1n) is 6.41. The molecule has 0 aliphatic rings. The van der Waals surface area contributed by atoms with E-state index < -0.39 is 29.0 Å². The van der Waals surface area contributed by atoms with E-state index in [1.807, 2.05) is 30.3 Å². The van der Waals surface area contributed by atoms with Crippen LogP contribution in [-0.4, -0.2) is 11.7 Å². The first-order chi connectivity index (χ1) is 10.5. The van der Waals surface area contributed by atoms with Gasteiger partial charge in [-0.3, -0.25) is 0 Å². The van der Waals surface area contributed by atoms with Crippen molar-refractivity contribution in [3.63, 3.8) is 0 Å². The number of anilines is 1. The van der Waals surface area contributed by atoms with Crippen molar-refractivity contribution in [3.8, 4) is 0 Å². The highest BCUT2D eigenvalue weighted by atomic mass is 32.1. The van der Waals surface area contributed by atoms with E-state index in [1.165, 1.54) is 0 Å². The van der Waals surface area contributed by atoms with Crippen molar-refractivity contribution >= 4 is 23.0 Å². The topological polar surface area (TPSA) is 24.1 Å². The maximum atomic E-state index is 13.5. The van der Waals surface area contributed by atoms with Crippen molar-refractivity contribution in [1.29, 1.82) is 0 Å². The molecule has 0 amide bonds. The van der Waals surface area contributed by atoms with Crippen molar-refractivity contribution in [2.45, 2.75) is 6.42 Å². The predicted octanol–water partition coefficient (Wildman–Crippen LogP) is 3.77. The molecule has 7 heteroatoms. The minimum Gasteiger partial charge on any atom is -0.362 e. The SMILES string of the molecule is Fc1cc(F)c(F)c(NC(=S)NCCc2ccccc2)c1F. The largest absolute Gasteiger partial charge is 0.362 e. The van der Waals surface area contributed by atoms with Gasteiger partial charge in [0, 0.05) is 12.6 Å². The lowest BCUT2D eigenvalue weighted by atomic mass is 10.1. The third kappa shape index (κ3) is 3.94. The molecule has 0 aliphatic heterocycles. The summed E-state index contributed by atoms with van der Waals surface area (Å²) in [6.45, 7) is 0.400. The van der Waals surface area contributed by atoms with Crippen LogP contribution in [0.4, 0.5) is 23.2 Å². The Morgan fingerprint density at radius 2 is 1.55 bits per heavy atom. The normalized spacial score (nSPS) is 10.4. The second-order valence-electron chi connectivity index (χ2n) is 4.46. The molecule has 0 spiro atoms. The Bertz CT molecular complexity index is 651. The van der Waals surface area contributed by atoms with Crippen LogP contribution in [0.25, 0.3) is 0 Å². The zero-order valence-electron chi connectivity index (χ0n) is 11.3. The molecule has 0 bridgehead atoms. The zero-order valence-corrected chi connectivity index (χ0v) is 12.1. The number of hydrogen-bond donors (Lipinski definition) is 2. The van der Waals surface area contributed by atoms with E-state index in [2.05, 4.69) is 10.6 Å². The quantitative estimate of drug-likeness (QED) is 0.507. The molecule has 2 N–H and O–H groups in total.